The normalized spacial score (nSPS) is 10.2. The van der Waals surface area contributed by atoms with E-state index in [4.69, 9.17) is 20.9 Å². The molecule has 3 aromatic carbocycles. The highest BCUT2D eigenvalue weighted by Crippen LogP contribution is 2.29. The second-order valence-corrected chi connectivity index (χ2v) is 4.79. The quantitative estimate of drug-likeness (QED) is 0.698. The van der Waals surface area contributed by atoms with E-state index in [0.717, 1.165) is 0 Å². The third-order valence-corrected chi connectivity index (χ3v) is 3.06. The van der Waals surface area contributed by atoms with Crippen LogP contribution in [0.5, 0.6) is 23.0 Å². The maximum absolute atomic E-state index is 5.85. The molecule has 0 bridgehead atoms. The van der Waals surface area contributed by atoms with E-state index in [1.54, 1.807) is 12.1 Å². The van der Waals surface area contributed by atoms with E-state index >= 15 is 0 Å². The summed E-state index contributed by atoms with van der Waals surface area (Å²) >= 11 is 0. The molecule has 0 fully saturated rings. The molecule has 3 aromatic rings. The molecule has 0 atom stereocenters. The van der Waals surface area contributed by atoms with E-state index in [0.29, 0.717) is 34.4 Å². The summed E-state index contributed by atoms with van der Waals surface area (Å²) in [6.45, 7) is 0. The van der Waals surface area contributed by atoms with Crippen LogP contribution in [0.4, 0.5) is 11.4 Å². The fraction of sp³-hybridized carbons (Fsp3) is 0. The molecule has 0 aliphatic rings. The van der Waals surface area contributed by atoms with Gasteiger partial charge in [0.25, 0.3) is 0 Å². The predicted molar refractivity (Wildman–Crippen MR) is 88.3 cm³/mol. The van der Waals surface area contributed by atoms with Crippen LogP contribution in [-0.4, -0.2) is 0 Å². The van der Waals surface area contributed by atoms with Crippen LogP contribution in [0.25, 0.3) is 0 Å². The van der Waals surface area contributed by atoms with Crippen molar-refractivity contribution < 1.29 is 9.47 Å². The second-order valence-electron chi connectivity index (χ2n) is 4.79. The minimum Gasteiger partial charge on any atom is -0.457 e. The number of nitrogens with two attached hydrogens (primary N) is 2. The van der Waals surface area contributed by atoms with E-state index in [-0.39, 0.29) is 0 Å². The molecule has 110 valence electrons. The molecule has 0 radical (unpaired) electrons. The molecule has 4 nitrogen and oxygen atoms in total. The lowest BCUT2D eigenvalue weighted by Gasteiger charge is -2.10. The van der Waals surface area contributed by atoms with Gasteiger partial charge in [0.2, 0.25) is 0 Å². The lowest BCUT2D eigenvalue weighted by molar-refractivity contribution is 0.470. The van der Waals surface area contributed by atoms with Crippen LogP contribution in [0.3, 0.4) is 0 Å². The average molecular weight is 292 g/mol. The van der Waals surface area contributed by atoms with Crippen LogP contribution in [-0.2, 0) is 0 Å². The molecule has 0 heterocycles. The molecule has 0 aliphatic heterocycles. The number of anilines is 2. The number of nitrogen functional groups attached to an aromatic ring is 2. The van der Waals surface area contributed by atoms with Crippen molar-refractivity contribution in [2.45, 2.75) is 0 Å². The van der Waals surface area contributed by atoms with Gasteiger partial charge in [0.05, 0.1) is 5.69 Å². The predicted octanol–water partition coefficient (Wildman–Crippen LogP) is 4.44. The van der Waals surface area contributed by atoms with Gasteiger partial charge in [0.1, 0.15) is 23.0 Å². The lowest BCUT2D eigenvalue weighted by Crippen LogP contribution is -1.91. The van der Waals surface area contributed by atoms with Crippen molar-refractivity contribution in [1.29, 1.82) is 0 Å². The SMILES string of the molecule is Nc1cccc(Oc2ccc(Oc3ccccc3N)cc2)c1. The summed E-state index contributed by atoms with van der Waals surface area (Å²) in [5.41, 5.74) is 12.8. The first-order valence-electron chi connectivity index (χ1n) is 6.86. The van der Waals surface area contributed by atoms with Gasteiger partial charge in [0, 0.05) is 11.8 Å². The highest BCUT2D eigenvalue weighted by Gasteiger charge is 2.02. The third kappa shape index (κ3) is 3.30. The summed E-state index contributed by atoms with van der Waals surface area (Å²) in [4.78, 5) is 0. The maximum Gasteiger partial charge on any atom is 0.150 e. The van der Waals surface area contributed by atoms with Crippen molar-refractivity contribution in [1.82, 2.24) is 0 Å². The molecule has 4 heteroatoms. The lowest BCUT2D eigenvalue weighted by atomic mass is 10.3. The monoisotopic (exact) mass is 292 g/mol. The molecule has 4 N–H and O–H groups in total. The third-order valence-electron chi connectivity index (χ3n) is 3.06. The molecule has 0 saturated carbocycles. The van der Waals surface area contributed by atoms with Crippen LogP contribution in [0.1, 0.15) is 0 Å². The van der Waals surface area contributed by atoms with Crippen LogP contribution < -0.4 is 20.9 Å². The molecule has 0 aliphatic carbocycles. The molecular weight excluding hydrogens is 276 g/mol. The van der Waals surface area contributed by atoms with Crippen LogP contribution in [0.15, 0.2) is 72.8 Å². The van der Waals surface area contributed by atoms with Crippen molar-refractivity contribution in [2.24, 2.45) is 0 Å². The highest BCUT2D eigenvalue weighted by molar-refractivity contribution is 5.53. The number of hydrogen-bond donors (Lipinski definition) is 2. The van der Waals surface area contributed by atoms with Crippen LogP contribution >= 0.6 is 0 Å². The molecule has 0 amide bonds. The van der Waals surface area contributed by atoms with E-state index in [9.17, 15) is 0 Å². The summed E-state index contributed by atoms with van der Waals surface area (Å²) in [6.07, 6.45) is 0. The number of benzene rings is 3. The fourth-order valence-electron chi connectivity index (χ4n) is 1.99. The Kier molecular flexibility index (Phi) is 3.83. The largest absolute Gasteiger partial charge is 0.457 e. The van der Waals surface area contributed by atoms with E-state index < -0.39 is 0 Å². The zero-order chi connectivity index (χ0) is 15.4. The van der Waals surface area contributed by atoms with Gasteiger partial charge in [-0.3, -0.25) is 0 Å². The number of rotatable bonds is 4. The number of hydrogen-bond acceptors (Lipinski definition) is 4. The standard InChI is InChI=1S/C18H16N2O2/c19-13-4-3-5-16(12-13)21-14-8-10-15(11-9-14)22-18-7-2-1-6-17(18)20/h1-12H,19-20H2. The van der Waals surface area contributed by atoms with Gasteiger partial charge in [-0.2, -0.15) is 0 Å². The van der Waals surface area contributed by atoms with Crippen molar-refractivity contribution in [3.8, 4) is 23.0 Å². The molecule has 0 saturated heterocycles. The Labute approximate surface area is 128 Å². The summed E-state index contributed by atoms with van der Waals surface area (Å²) < 4.78 is 11.5. The summed E-state index contributed by atoms with van der Waals surface area (Å²) in [6, 6.07) is 22.0. The molecular formula is C18H16N2O2. The van der Waals surface area contributed by atoms with Gasteiger partial charge in [-0.15, -0.1) is 0 Å². The minimum atomic E-state index is 0.600. The van der Waals surface area contributed by atoms with Crippen LogP contribution in [0.2, 0.25) is 0 Å². The van der Waals surface area contributed by atoms with Gasteiger partial charge in [-0.25, -0.2) is 0 Å². The van der Waals surface area contributed by atoms with E-state index in [1.165, 1.54) is 0 Å². The second kappa shape index (κ2) is 6.10. The molecule has 0 aromatic heterocycles. The van der Waals surface area contributed by atoms with Gasteiger partial charge in [-0.05, 0) is 48.5 Å². The summed E-state index contributed by atoms with van der Waals surface area (Å²) in [5, 5.41) is 0. The summed E-state index contributed by atoms with van der Waals surface area (Å²) in [5.74, 6) is 2.73. The van der Waals surface area contributed by atoms with Crippen molar-refractivity contribution in [3.05, 3.63) is 72.8 Å². The number of ether oxygens (including phenoxy) is 2. The maximum atomic E-state index is 5.85. The van der Waals surface area contributed by atoms with Gasteiger partial charge in [0.15, 0.2) is 0 Å². The van der Waals surface area contributed by atoms with E-state index in [2.05, 4.69) is 0 Å². The smallest absolute Gasteiger partial charge is 0.150 e. The molecule has 0 unspecified atom stereocenters. The van der Waals surface area contributed by atoms with Gasteiger partial charge in [-0.1, -0.05) is 18.2 Å². The summed E-state index contributed by atoms with van der Waals surface area (Å²) in [7, 11) is 0. The first-order valence-corrected chi connectivity index (χ1v) is 6.86. The number of para-hydroxylation sites is 2. The molecule has 22 heavy (non-hydrogen) atoms. The van der Waals surface area contributed by atoms with Gasteiger partial charge < -0.3 is 20.9 Å². The first-order chi connectivity index (χ1) is 10.7. The van der Waals surface area contributed by atoms with E-state index in [1.807, 2.05) is 60.7 Å². The Hall–Kier alpha value is -3.14. The van der Waals surface area contributed by atoms with Crippen molar-refractivity contribution in [2.75, 3.05) is 11.5 Å². The van der Waals surface area contributed by atoms with Gasteiger partial charge >= 0.3 is 0 Å². The Morgan fingerprint density at radius 2 is 1.27 bits per heavy atom. The fourth-order valence-corrected chi connectivity index (χ4v) is 1.99. The zero-order valence-electron chi connectivity index (χ0n) is 11.9. The Bertz CT molecular complexity index is 770. The average Bonchev–Trinajstić information content (AvgIpc) is 2.52. The van der Waals surface area contributed by atoms with Crippen LogP contribution in [0, 0.1) is 0 Å². The molecule has 3 rings (SSSR count). The molecule has 0 spiro atoms. The minimum absolute atomic E-state index is 0.600. The van der Waals surface area contributed by atoms with Crippen molar-refractivity contribution in [3.63, 3.8) is 0 Å². The Morgan fingerprint density at radius 3 is 1.95 bits per heavy atom. The highest BCUT2D eigenvalue weighted by atomic mass is 16.5. The Balaban J connectivity index is 1.72. The zero-order valence-corrected chi connectivity index (χ0v) is 11.9. The Morgan fingerprint density at radius 1 is 0.591 bits per heavy atom. The first kappa shape index (κ1) is 13.8. The van der Waals surface area contributed by atoms with Crippen molar-refractivity contribution >= 4 is 11.4 Å². The topological polar surface area (TPSA) is 70.5 Å².